The van der Waals surface area contributed by atoms with E-state index >= 15 is 0 Å². The number of rotatable bonds is 3. The molecule has 1 aliphatic rings. The molecule has 1 fully saturated rings. The maximum atomic E-state index is 10.9. The van der Waals surface area contributed by atoms with Crippen LogP contribution in [0.15, 0.2) is 0 Å². The van der Waals surface area contributed by atoms with Crippen molar-refractivity contribution in [3.63, 3.8) is 0 Å². The molecule has 0 aromatic rings. The summed E-state index contributed by atoms with van der Waals surface area (Å²) in [5, 5.41) is 0. The van der Waals surface area contributed by atoms with Gasteiger partial charge >= 0.3 is 0 Å². The summed E-state index contributed by atoms with van der Waals surface area (Å²) >= 11 is 0. The van der Waals surface area contributed by atoms with Crippen molar-refractivity contribution in [1.82, 2.24) is 4.72 Å². The average Bonchev–Trinajstić information content (AvgIpc) is 2.03. The lowest BCUT2D eigenvalue weighted by atomic mass is 10.0. The van der Waals surface area contributed by atoms with E-state index in [1.165, 1.54) is 6.26 Å². The third-order valence-electron chi connectivity index (χ3n) is 2.17. The Morgan fingerprint density at radius 1 is 1.46 bits per heavy atom. The second-order valence-electron chi connectivity index (χ2n) is 3.58. The number of hydrogen-bond donors (Lipinski definition) is 1. The minimum atomic E-state index is -3.10. The van der Waals surface area contributed by atoms with Gasteiger partial charge in [0.05, 0.1) is 12.4 Å². The first-order valence-corrected chi connectivity index (χ1v) is 6.47. The first kappa shape index (κ1) is 10.9. The van der Waals surface area contributed by atoms with Crippen LogP contribution in [0.1, 0.15) is 26.2 Å². The van der Waals surface area contributed by atoms with Crippen molar-refractivity contribution in [2.24, 2.45) is 0 Å². The SMILES string of the molecule is CC(NS(C)(=O)=O)C1CCCCO1. The van der Waals surface area contributed by atoms with E-state index in [1.807, 2.05) is 6.92 Å². The van der Waals surface area contributed by atoms with E-state index in [2.05, 4.69) is 4.72 Å². The highest BCUT2D eigenvalue weighted by Gasteiger charge is 2.22. The fraction of sp³-hybridized carbons (Fsp3) is 1.00. The second-order valence-corrected chi connectivity index (χ2v) is 5.36. The Morgan fingerprint density at radius 2 is 2.15 bits per heavy atom. The Bertz CT molecular complexity index is 244. The van der Waals surface area contributed by atoms with Crippen LogP contribution in [0.5, 0.6) is 0 Å². The Morgan fingerprint density at radius 3 is 2.62 bits per heavy atom. The molecule has 13 heavy (non-hydrogen) atoms. The van der Waals surface area contributed by atoms with Crippen molar-refractivity contribution in [2.45, 2.75) is 38.3 Å². The predicted molar refractivity (Wildman–Crippen MR) is 51.0 cm³/mol. The summed E-state index contributed by atoms with van der Waals surface area (Å²) in [6.45, 7) is 2.59. The van der Waals surface area contributed by atoms with E-state index in [0.29, 0.717) is 0 Å². The van der Waals surface area contributed by atoms with Gasteiger partial charge in [0.1, 0.15) is 0 Å². The fourth-order valence-corrected chi connectivity index (χ4v) is 2.40. The normalized spacial score (nSPS) is 27.1. The van der Waals surface area contributed by atoms with Crippen LogP contribution in [-0.2, 0) is 14.8 Å². The molecule has 4 nitrogen and oxygen atoms in total. The zero-order chi connectivity index (χ0) is 9.90. The van der Waals surface area contributed by atoms with E-state index in [1.54, 1.807) is 0 Å². The fourth-order valence-electron chi connectivity index (χ4n) is 1.57. The minimum absolute atomic E-state index is 0.0449. The third kappa shape index (κ3) is 4.06. The van der Waals surface area contributed by atoms with Gasteiger partial charge in [0, 0.05) is 12.6 Å². The van der Waals surface area contributed by atoms with Crippen molar-refractivity contribution in [1.29, 1.82) is 0 Å². The molecule has 1 aliphatic heterocycles. The van der Waals surface area contributed by atoms with Crippen LogP contribution in [-0.4, -0.2) is 33.4 Å². The number of nitrogens with one attached hydrogen (secondary N) is 1. The van der Waals surface area contributed by atoms with Crippen molar-refractivity contribution in [3.05, 3.63) is 0 Å². The largest absolute Gasteiger partial charge is 0.377 e. The Balaban J connectivity index is 2.42. The van der Waals surface area contributed by atoms with Crippen LogP contribution in [0.3, 0.4) is 0 Å². The van der Waals surface area contributed by atoms with Gasteiger partial charge in [-0.25, -0.2) is 13.1 Å². The van der Waals surface area contributed by atoms with Gasteiger partial charge in [-0.1, -0.05) is 0 Å². The molecule has 0 bridgehead atoms. The Kier molecular flexibility index (Phi) is 3.70. The highest BCUT2D eigenvalue weighted by molar-refractivity contribution is 7.88. The molecule has 5 heteroatoms. The lowest BCUT2D eigenvalue weighted by molar-refractivity contribution is 0.000852. The first-order valence-electron chi connectivity index (χ1n) is 4.58. The van der Waals surface area contributed by atoms with Gasteiger partial charge in [-0.2, -0.15) is 0 Å². The summed E-state index contributed by atoms with van der Waals surface area (Å²) in [7, 11) is -3.10. The van der Waals surface area contributed by atoms with Crippen LogP contribution in [0.2, 0.25) is 0 Å². The third-order valence-corrected chi connectivity index (χ3v) is 2.97. The molecule has 78 valence electrons. The standard InChI is InChI=1S/C8H17NO3S/c1-7(9-13(2,10)11)8-5-3-4-6-12-8/h7-9H,3-6H2,1-2H3. The minimum Gasteiger partial charge on any atom is -0.377 e. The van der Waals surface area contributed by atoms with Crippen LogP contribution in [0.4, 0.5) is 0 Å². The smallest absolute Gasteiger partial charge is 0.209 e. The van der Waals surface area contributed by atoms with Crippen molar-refractivity contribution in [3.8, 4) is 0 Å². The molecular weight excluding hydrogens is 190 g/mol. The number of ether oxygens (including phenoxy) is 1. The summed E-state index contributed by atoms with van der Waals surface area (Å²) in [6, 6.07) is -0.115. The average molecular weight is 207 g/mol. The highest BCUT2D eigenvalue weighted by atomic mass is 32.2. The summed E-state index contributed by atoms with van der Waals surface area (Å²) in [6.07, 6.45) is 4.38. The molecule has 0 spiro atoms. The topological polar surface area (TPSA) is 55.4 Å². The zero-order valence-corrected chi connectivity index (χ0v) is 8.93. The molecule has 1 heterocycles. The molecule has 0 aromatic carbocycles. The summed E-state index contributed by atoms with van der Waals surface area (Å²) in [5.74, 6) is 0. The van der Waals surface area contributed by atoms with Crippen LogP contribution in [0, 0.1) is 0 Å². The maximum Gasteiger partial charge on any atom is 0.209 e. The van der Waals surface area contributed by atoms with E-state index in [4.69, 9.17) is 4.74 Å². The van der Waals surface area contributed by atoms with E-state index in [-0.39, 0.29) is 12.1 Å². The zero-order valence-electron chi connectivity index (χ0n) is 8.12. The van der Waals surface area contributed by atoms with Crippen molar-refractivity contribution < 1.29 is 13.2 Å². The van der Waals surface area contributed by atoms with Crippen molar-refractivity contribution >= 4 is 10.0 Å². The van der Waals surface area contributed by atoms with Gasteiger partial charge < -0.3 is 4.74 Å². The van der Waals surface area contributed by atoms with Crippen molar-refractivity contribution in [2.75, 3.05) is 12.9 Å². The number of hydrogen-bond acceptors (Lipinski definition) is 3. The van der Waals surface area contributed by atoms with Gasteiger partial charge in [-0.3, -0.25) is 0 Å². The molecular formula is C8H17NO3S. The van der Waals surface area contributed by atoms with E-state index < -0.39 is 10.0 Å². The maximum absolute atomic E-state index is 10.9. The Labute approximate surface area is 79.7 Å². The Hall–Kier alpha value is -0.130. The summed E-state index contributed by atoms with van der Waals surface area (Å²) in [5.41, 5.74) is 0. The molecule has 0 radical (unpaired) electrons. The summed E-state index contributed by atoms with van der Waals surface area (Å²) < 4.78 is 29.8. The van der Waals surface area contributed by atoms with Gasteiger partial charge in [-0.15, -0.1) is 0 Å². The predicted octanol–water partition coefficient (Wildman–Crippen LogP) is 0.493. The first-order chi connectivity index (χ1) is 5.99. The highest BCUT2D eigenvalue weighted by Crippen LogP contribution is 2.15. The number of sulfonamides is 1. The molecule has 1 saturated heterocycles. The van der Waals surface area contributed by atoms with Gasteiger partial charge in [0.2, 0.25) is 10.0 Å². The molecule has 2 atom stereocenters. The summed E-state index contributed by atoms with van der Waals surface area (Å²) in [4.78, 5) is 0. The van der Waals surface area contributed by atoms with Crippen LogP contribution < -0.4 is 4.72 Å². The quantitative estimate of drug-likeness (QED) is 0.733. The molecule has 1 rings (SSSR count). The second kappa shape index (κ2) is 4.39. The molecule has 2 unspecified atom stereocenters. The van der Waals surface area contributed by atoms with Gasteiger partial charge in [0.15, 0.2) is 0 Å². The van der Waals surface area contributed by atoms with E-state index in [0.717, 1.165) is 25.9 Å². The van der Waals surface area contributed by atoms with E-state index in [9.17, 15) is 8.42 Å². The van der Waals surface area contributed by atoms with Gasteiger partial charge in [0.25, 0.3) is 0 Å². The van der Waals surface area contributed by atoms with Gasteiger partial charge in [-0.05, 0) is 26.2 Å². The molecule has 0 aromatic heterocycles. The molecule has 0 aliphatic carbocycles. The lowest BCUT2D eigenvalue weighted by Crippen LogP contribution is -2.43. The molecule has 1 N–H and O–H groups in total. The molecule has 0 amide bonds. The van der Waals surface area contributed by atoms with Crippen LogP contribution in [0.25, 0.3) is 0 Å². The molecule has 0 saturated carbocycles. The monoisotopic (exact) mass is 207 g/mol. The van der Waals surface area contributed by atoms with Crippen LogP contribution >= 0.6 is 0 Å². The lowest BCUT2D eigenvalue weighted by Gasteiger charge is -2.27.